The first-order valence-electron chi connectivity index (χ1n) is 8.40. The van der Waals surface area contributed by atoms with Gasteiger partial charge in [-0.1, -0.05) is 12.1 Å². The zero-order valence-electron chi connectivity index (χ0n) is 14.7. The van der Waals surface area contributed by atoms with Crippen LogP contribution in [0.4, 0.5) is 0 Å². The van der Waals surface area contributed by atoms with Crippen LogP contribution < -0.4 is 5.43 Å². The molecule has 0 aliphatic carbocycles. The summed E-state index contributed by atoms with van der Waals surface area (Å²) >= 11 is 0. The van der Waals surface area contributed by atoms with E-state index in [-0.39, 0.29) is 33.3 Å². The summed E-state index contributed by atoms with van der Waals surface area (Å²) in [6, 6.07) is 12.7. The van der Waals surface area contributed by atoms with Crippen molar-refractivity contribution in [3.63, 3.8) is 0 Å². The number of hydrogen-bond donors (Lipinski definition) is 2. The van der Waals surface area contributed by atoms with E-state index in [0.29, 0.717) is 11.0 Å². The molecule has 0 fully saturated rings. The molecule has 0 unspecified atom stereocenters. The van der Waals surface area contributed by atoms with Crippen LogP contribution in [-0.4, -0.2) is 16.0 Å². The van der Waals surface area contributed by atoms with E-state index >= 15 is 0 Å². The van der Waals surface area contributed by atoms with Crippen molar-refractivity contribution in [3.8, 4) is 11.5 Å². The van der Waals surface area contributed by atoms with Gasteiger partial charge in [-0.25, -0.2) is 0 Å². The molecule has 3 aromatic carbocycles. The molecule has 0 spiro atoms. The highest BCUT2D eigenvalue weighted by Gasteiger charge is 2.21. The second-order valence-corrected chi connectivity index (χ2v) is 6.62. The van der Waals surface area contributed by atoms with Crippen molar-refractivity contribution in [3.05, 3.63) is 81.0 Å². The standard InChI is InChI=1S/C22H16O5/c1-11-3-5-13(17(23)9-11)19(24)15-7-8-16-20(25)14-6-4-12(2)10-18(14)27-22(16)21(15)26/h3-10,23,26H,1-2H3. The molecule has 0 saturated heterocycles. The zero-order chi connectivity index (χ0) is 19.3. The molecule has 0 saturated carbocycles. The van der Waals surface area contributed by atoms with Gasteiger partial charge >= 0.3 is 0 Å². The number of aromatic hydroxyl groups is 2. The minimum absolute atomic E-state index is 0.0446. The SMILES string of the molecule is Cc1ccc(C(=O)c2ccc3c(=O)c4ccc(C)cc4oc3c2O)c(O)c1. The van der Waals surface area contributed by atoms with E-state index in [2.05, 4.69) is 0 Å². The maximum atomic E-state index is 12.8. The average molecular weight is 360 g/mol. The van der Waals surface area contributed by atoms with Gasteiger partial charge in [0.2, 0.25) is 11.2 Å². The van der Waals surface area contributed by atoms with E-state index in [1.165, 1.54) is 24.3 Å². The Labute approximate surface area is 154 Å². The first-order valence-corrected chi connectivity index (χ1v) is 8.40. The van der Waals surface area contributed by atoms with Gasteiger partial charge in [-0.3, -0.25) is 9.59 Å². The van der Waals surface area contributed by atoms with Crippen molar-refractivity contribution in [2.75, 3.05) is 0 Å². The normalized spacial score (nSPS) is 11.2. The number of carbonyl (C=O) groups excluding carboxylic acids is 1. The molecule has 0 aliphatic heterocycles. The number of fused-ring (bicyclic) bond motifs is 2. The van der Waals surface area contributed by atoms with E-state index in [1.54, 1.807) is 25.1 Å². The molecule has 1 aromatic heterocycles. The van der Waals surface area contributed by atoms with Gasteiger partial charge in [0.05, 0.1) is 21.9 Å². The Morgan fingerprint density at radius 3 is 2.22 bits per heavy atom. The summed E-state index contributed by atoms with van der Waals surface area (Å²) in [6.07, 6.45) is 0. The van der Waals surface area contributed by atoms with Crippen LogP contribution in [0.5, 0.6) is 11.5 Å². The van der Waals surface area contributed by atoms with E-state index in [1.807, 2.05) is 13.0 Å². The minimum atomic E-state index is -0.557. The molecule has 5 nitrogen and oxygen atoms in total. The third kappa shape index (κ3) is 2.64. The first-order chi connectivity index (χ1) is 12.9. The zero-order valence-corrected chi connectivity index (χ0v) is 14.7. The van der Waals surface area contributed by atoms with Gasteiger partial charge in [0.1, 0.15) is 11.3 Å². The third-order valence-electron chi connectivity index (χ3n) is 4.61. The van der Waals surface area contributed by atoms with Crippen molar-refractivity contribution < 1.29 is 19.4 Å². The Morgan fingerprint density at radius 1 is 0.852 bits per heavy atom. The highest BCUT2D eigenvalue weighted by Crippen LogP contribution is 2.33. The molecule has 134 valence electrons. The van der Waals surface area contributed by atoms with E-state index in [4.69, 9.17) is 4.42 Å². The molecule has 0 radical (unpaired) electrons. The number of benzene rings is 3. The van der Waals surface area contributed by atoms with Crippen LogP contribution in [0.25, 0.3) is 21.9 Å². The van der Waals surface area contributed by atoms with Gasteiger partial charge in [-0.15, -0.1) is 0 Å². The molecule has 4 rings (SSSR count). The van der Waals surface area contributed by atoms with Crippen molar-refractivity contribution in [1.29, 1.82) is 0 Å². The summed E-state index contributed by atoms with van der Waals surface area (Å²) in [5.74, 6) is -1.15. The lowest BCUT2D eigenvalue weighted by molar-refractivity contribution is 0.103. The number of rotatable bonds is 2. The number of aryl methyl sites for hydroxylation is 2. The predicted molar refractivity (Wildman–Crippen MR) is 103 cm³/mol. The van der Waals surface area contributed by atoms with Gasteiger partial charge in [-0.05, 0) is 61.4 Å². The maximum absolute atomic E-state index is 12.8. The van der Waals surface area contributed by atoms with Gasteiger partial charge in [0.25, 0.3) is 0 Å². The van der Waals surface area contributed by atoms with Crippen LogP contribution in [0, 0.1) is 13.8 Å². The van der Waals surface area contributed by atoms with Crippen LogP contribution in [0.1, 0.15) is 27.0 Å². The fraction of sp³-hybridized carbons (Fsp3) is 0.0909. The third-order valence-corrected chi connectivity index (χ3v) is 4.61. The second kappa shape index (κ2) is 5.99. The number of ketones is 1. The largest absolute Gasteiger partial charge is 0.507 e. The summed E-state index contributed by atoms with van der Waals surface area (Å²) in [6.45, 7) is 3.66. The van der Waals surface area contributed by atoms with Gasteiger partial charge < -0.3 is 14.6 Å². The van der Waals surface area contributed by atoms with Crippen LogP contribution in [0.2, 0.25) is 0 Å². The fourth-order valence-electron chi connectivity index (χ4n) is 3.17. The fourth-order valence-corrected chi connectivity index (χ4v) is 3.17. The van der Waals surface area contributed by atoms with E-state index in [9.17, 15) is 19.8 Å². The molecule has 0 bridgehead atoms. The average Bonchev–Trinajstić information content (AvgIpc) is 2.62. The molecule has 2 N–H and O–H groups in total. The Balaban J connectivity index is 1.98. The molecular formula is C22H16O5. The predicted octanol–water partition coefficient (Wildman–Crippen LogP) is 4.21. The number of phenols is 2. The Hall–Kier alpha value is -3.60. The van der Waals surface area contributed by atoms with Gasteiger partial charge in [0, 0.05) is 0 Å². The molecule has 5 heteroatoms. The Kier molecular flexibility index (Phi) is 3.73. The quantitative estimate of drug-likeness (QED) is 0.413. The Morgan fingerprint density at radius 2 is 1.48 bits per heavy atom. The van der Waals surface area contributed by atoms with E-state index in [0.717, 1.165) is 11.1 Å². The molecule has 27 heavy (non-hydrogen) atoms. The van der Waals surface area contributed by atoms with E-state index < -0.39 is 11.5 Å². The summed E-state index contributed by atoms with van der Waals surface area (Å²) in [5, 5.41) is 21.3. The van der Waals surface area contributed by atoms with Crippen molar-refractivity contribution in [2.24, 2.45) is 0 Å². The second-order valence-electron chi connectivity index (χ2n) is 6.62. The number of phenolic OH excluding ortho intramolecular Hbond substituents is 2. The Bertz CT molecular complexity index is 1300. The van der Waals surface area contributed by atoms with Crippen LogP contribution in [0.3, 0.4) is 0 Å². The molecule has 0 aliphatic rings. The van der Waals surface area contributed by atoms with Crippen LogP contribution in [-0.2, 0) is 0 Å². The van der Waals surface area contributed by atoms with Gasteiger partial charge in [0.15, 0.2) is 11.3 Å². The molecule has 4 aromatic rings. The lowest BCUT2D eigenvalue weighted by Crippen LogP contribution is -2.06. The lowest BCUT2D eigenvalue weighted by atomic mass is 9.98. The topological polar surface area (TPSA) is 87.7 Å². The molecule has 0 atom stereocenters. The van der Waals surface area contributed by atoms with Crippen molar-refractivity contribution >= 4 is 27.7 Å². The van der Waals surface area contributed by atoms with Crippen molar-refractivity contribution in [1.82, 2.24) is 0 Å². The lowest BCUT2D eigenvalue weighted by Gasteiger charge is -2.09. The maximum Gasteiger partial charge on any atom is 0.200 e. The number of hydrogen-bond acceptors (Lipinski definition) is 5. The number of carbonyl (C=O) groups is 1. The van der Waals surface area contributed by atoms with Crippen LogP contribution in [0.15, 0.2) is 57.7 Å². The molecule has 1 heterocycles. The minimum Gasteiger partial charge on any atom is -0.507 e. The summed E-state index contributed by atoms with van der Waals surface area (Å²) in [5.41, 5.74) is 1.74. The highest BCUT2D eigenvalue weighted by atomic mass is 16.4. The summed E-state index contributed by atoms with van der Waals surface area (Å²) < 4.78 is 5.75. The summed E-state index contributed by atoms with van der Waals surface area (Å²) in [4.78, 5) is 25.5. The first kappa shape index (κ1) is 16.8. The highest BCUT2D eigenvalue weighted by molar-refractivity contribution is 6.14. The monoisotopic (exact) mass is 360 g/mol. The van der Waals surface area contributed by atoms with Crippen molar-refractivity contribution in [2.45, 2.75) is 13.8 Å². The summed E-state index contributed by atoms with van der Waals surface area (Å²) in [7, 11) is 0. The molecule has 0 amide bonds. The van der Waals surface area contributed by atoms with Gasteiger partial charge in [-0.2, -0.15) is 0 Å². The smallest absolute Gasteiger partial charge is 0.200 e. The molecular weight excluding hydrogens is 344 g/mol. The van der Waals surface area contributed by atoms with Crippen LogP contribution >= 0.6 is 0 Å².